The van der Waals surface area contributed by atoms with Crippen molar-refractivity contribution in [1.29, 1.82) is 0 Å². The Morgan fingerprint density at radius 2 is 2.38 bits per heavy atom. The lowest BCUT2D eigenvalue weighted by Crippen LogP contribution is -2.15. The van der Waals surface area contributed by atoms with Crippen molar-refractivity contribution < 1.29 is 0 Å². The van der Waals surface area contributed by atoms with Crippen molar-refractivity contribution in [1.82, 2.24) is 14.7 Å². The molecule has 0 amide bonds. The summed E-state index contributed by atoms with van der Waals surface area (Å²) in [5.74, 6) is 1.05. The van der Waals surface area contributed by atoms with E-state index in [2.05, 4.69) is 30.6 Å². The summed E-state index contributed by atoms with van der Waals surface area (Å²) < 4.78 is 2.96. The molecule has 0 aromatic carbocycles. The number of pyridine rings is 1. The third-order valence-electron chi connectivity index (χ3n) is 3.01. The SMILES string of the molecule is Nc1ccc2c(Br)nc(C3CCCN3)n2c1. The van der Waals surface area contributed by atoms with Gasteiger partial charge in [-0.25, -0.2) is 4.98 Å². The Morgan fingerprint density at radius 1 is 1.50 bits per heavy atom. The Balaban J connectivity index is 2.19. The second-order valence-corrected chi connectivity index (χ2v) is 4.88. The van der Waals surface area contributed by atoms with Gasteiger partial charge in [0.1, 0.15) is 10.4 Å². The van der Waals surface area contributed by atoms with E-state index in [9.17, 15) is 0 Å². The molecule has 1 aliphatic rings. The average Bonchev–Trinajstić information content (AvgIpc) is 2.86. The molecule has 2 aromatic rings. The standard InChI is InChI=1S/C11H13BrN4/c12-10-9-4-3-7(13)6-16(9)11(15-10)8-2-1-5-14-8/h3-4,6,8,14H,1-2,5,13H2. The van der Waals surface area contributed by atoms with Gasteiger partial charge >= 0.3 is 0 Å². The first-order valence-electron chi connectivity index (χ1n) is 5.42. The first-order valence-corrected chi connectivity index (χ1v) is 6.21. The van der Waals surface area contributed by atoms with Crippen LogP contribution in [0.15, 0.2) is 22.9 Å². The molecule has 0 bridgehead atoms. The molecule has 3 rings (SSSR count). The predicted octanol–water partition coefficient (Wildman–Crippen LogP) is 2.10. The maximum Gasteiger partial charge on any atom is 0.132 e. The maximum atomic E-state index is 5.82. The quantitative estimate of drug-likeness (QED) is 0.841. The number of halogens is 1. The highest BCUT2D eigenvalue weighted by Gasteiger charge is 2.22. The molecule has 4 nitrogen and oxygen atoms in total. The van der Waals surface area contributed by atoms with Gasteiger partial charge in [0.15, 0.2) is 0 Å². The lowest BCUT2D eigenvalue weighted by molar-refractivity contribution is 0.602. The number of anilines is 1. The van der Waals surface area contributed by atoms with Gasteiger partial charge in [-0.05, 0) is 47.4 Å². The van der Waals surface area contributed by atoms with Gasteiger partial charge in [0.25, 0.3) is 0 Å². The van der Waals surface area contributed by atoms with E-state index in [1.54, 1.807) is 0 Å². The summed E-state index contributed by atoms with van der Waals surface area (Å²) in [7, 11) is 0. The zero-order chi connectivity index (χ0) is 11.1. The summed E-state index contributed by atoms with van der Waals surface area (Å²) >= 11 is 3.49. The van der Waals surface area contributed by atoms with Gasteiger partial charge in [-0.15, -0.1) is 0 Å². The topological polar surface area (TPSA) is 55.3 Å². The summed E-state index contributed by atoms with van der Waals surface area (Å²) in [4.78, 5) is 4.57. The van der Waals surface area contributed by atoms with Crippen molar-refractivity contribution in [3.8, 4) is 0 Å². The van der Waals surface area contributed by atoms with E-state index in [1.165, 1.54) is 6.42 Å². The first-order chi connectivity index (χ1) is 7.75. The van der Waals surface area contributed by atoms with Gasteiger partial charge < -0.3 is 11.1 Å². The summed E-state index contributed by atoms with van der Waals surface area (Å²) in [6.07, 6.45) is 4.28. The highest BCUT2D eigenvalue weighted by molar-refractivity contribution is 9.10. The van der Waals surface area contributed by atoms with Gasteiger partial charge in [0.05, 0.1) is 11.6 Å². The smallest absolute Gasteiger partial charge is 0.132 e. The summed E-state index contributed by atoms with van der Waals surface area (Å²) in [5, 5.41) is 3.45. The zero-order valence-electron chi connectivity index (χ0n) is 8.78. The fraction of sp³-hybridized carbons (Fsp3) is 0.364. The number of rotatable bonds is 1. The molecule has 1 aliphatic heterocycles. The molecule has 1 fully saturated rings. The van der Waals surface area contributed by atoms with Crippen LogP contribution in [0, 0.1) is 0 Å². The van der Waals surface area contributed by atoms with Crippen molar-refractivity contribution >= 4 is 27.1 Å². The van der Waals surface area contributed by atoms with E-state index in [4.69, 9.17) is 5.73 Å². The number of fused-ring (bicyclic) bond motifs is 1. The zero-order valence-corrected chi connectivity index (χ0v) is 10.4. The third kappa shape index (κ3) is 1.51. The molecule has 1 saturated heterocycles. The van der Waals surface area contributed by atoms with Crippen LogP contribution in [-0.4, -0.2) is 15.9 Å². The number of nitrogens with two attached hydrogens (primary N) is 1. The molecule has 0 radical (unpaired) electrons. The Kier molecular flexibility index (Phi) is 2.37. The molecule has 1 unspecified atom stereocenters. The van der Waals surface area contributed by atoms with Crippen molar-refractivity contribution in [2.75, 3.05) is 12.3 Å². The maximum absolute atomic E-state index is 5.82. The molecule has 2 aromatic heterocycles. The van der Waals surface area contributed by atoms with E-state index in [-0.39, 0.29) is 0 Å². The van der Waals surface area contributed by atoms with Crippen LogP contribution in [0.4, 0.5) is 5.69 Å². The fourth-order valence-corrected chi connectivity index (χ4v) is 2.74. The molecule has 1 atom stereocenters. The van der Waals surface area contributed by atoms with E-state index in [1.807, 2.05) is 18.3 Å². The Morgan fingerprint density at radius 3 is 3.12 bits per heavy atom. The number of nitrogen functional groups attached to an aromatic ring is 1. The van der Waals surface area contributed by atoms with E-state index in [0.29, 0.717) is 6.04 Å². The van der Waals surface area contributed by atoms with Crippen LogP contribution < -0.4 is 11.1 Å². The van der Waals surface area contributed by atoms with Gasteiger partial charge in [-0.1, -0.05) is 0 Å². The fourth-order valence-electron chi connectivity index (χ4n) is 2.24. The van der Waals surface area contributed by atoms with E-state index >= 15 is 0 Å². The molecule has 16 heavy (non-hydrogen) atoms. The number of nitrogens with zero attached hydrogens (tertiary/aromatic N) is 2. The van der Waals surface area contributed by atoms with E-state index < -0.39 is 0 Å². The Labute approximate surface area is 102 Å². The van der Waals surface area contributed by atoms with Crippen molar-refractivity contribution in [2.45, 2.75) is 18.9 Å². The average molecular weight is 281 g/mol. The molecule has 5 heteroatoms. The van der Waals surface area contributed by atoms with Crippen molar-refractivity contribution in [3.05, 3.63) is 28.8 Å². The molecular formula is C11H13BrN4. The number of hydrogen-bond acceptors (Lipinski definition) is 3. The van der Waals surface area contributed by atoms with Crippen LogP contribution in [-0.2, 0) is 0 Å². The van der Waals surface area contributed by atoms with Crippen LogP contribution in [0.2, 0.25) is 0 Å². The second-order valence-electron chi connectivity index (χ2n) is 4.13. The van der Waals surface area contributed by atoms with Gasteiger partial charge in [-0.3, -0.25) is 4.40 Å². The minimum Gasteiger partial charge on any atom is -0.398 e. The van der Waals surface area contributed by atoms with Gasteiger partial charge in [-0.2, -0.15) is 0 Å². The van der Waals surface area contributed by atoms with Crippen LogP contribution in [0.3, 0.4) is 0 Å². The minimum absolute atomic E-state index is 0.348. The molecule has 0 saturated carbocycles. The highest BCUT2D eigenvalue weighted by Crippen LogP contribution is 2.27. The van der Waals surface area contributed by atoms with Crippen LogP contribution >= 0.6 is 15.9 Å². The van der Waals surface area contributed by atoms with Gasteiger partial charge in [0.2, 0.25) is 0 Å². The number of imidazole rings is 1. The highest BCUT2D eigenvalue weighted by atomic mass is 79.9. The molecule has 0 spiro atoms. The summed E-state index contributed by atoms with van der Waals surface area (Å²) in [5.41, 5.74) is 7.64. The first kappa shape index (κ1) is 10.1. The lowest BCUT2D eigenvalue weighted by Gasteiger charge is -2.09. The normalized spacial score (nSPS) is 20.7. The molecular weight excluding hydrogens is 268 g/mol. The van der Waals surface area contributed by atoms with Crippen molar-refractivity contribution in [2.24, 2.45) is 0 Å². The number of nitrogens with one attached hydrogen (secondary N) is 1. The lowest BCUT2D eigenvalue weighted by atomic mass is 10.2. The van der Waals surface area contributed by atoms with Crippen molar-refractivity contribution in [3.63, 3.8) is 0 Å². The number of hydrogen-bond donors (Lipinski definition) is 2. The van der Waals surface area contributed by atoms with Crippen LogP contribution in [0.1, 0.15) is 24.7 Å². The Bertz CT molecular complexity index is 528. The molecule has 0 aliphatic carbocycles. The van der Waals surface area contributed by atoms with E-state index in [0.717, 1.165) is 34.6 Å². The minimum atomic E-state index is 0.348. The summed E-state index contributed by atoms with van der Waals surface area (Å²) in [6, 6.07) is 4.24. The number of aromatic nitrogens is 2. The van der Waals surface area contributed by atoms with Crippen LogP contribution in [0.25, 0.3) is 5.52 Å². The van der Waals surface area contributed by atoms with Crippen LogP contribution in [0.5, 0.6) is 0 Å². The molecule has 3 N–H and O–H groups in total. The summed E-state index contributed by atoms with van der Waals surface area (Å²) in [6.45, 7) is 1.07. The third-order valence-corrected chi connectivity index (χ3v) is 3.60. The second kappa shape index (κ2) is 3.75. The van der Waals surface area contributed by atoms with Gasteiger partial charge in [0, 0.05) is 11.9 Å². The predicted molar refractivity (Wildman–Crippen MR) is 67.3 cm³/mol. The Hall–Kier alpha value is -1.07. The molecule has 3 heterocycles. The largest absolute Gasteiger partial charge is 0.398 e. The molecule has 84 valence electrons. The monoisotopic (exact) mass is 280 g/mol.